The molecule has 1 N–H and O–H groups in total. The van der Waals surface area contributed by atoms with Crippen LogP contribution >= 0.6 is 11.3 Å². The average Bonchev–Trinajstić information content (AvgIpc) is 2.77. The van der Waals surface area contributed by atoms with Crippen molar-refractivity contribution in [1.82, 2.24) is 9.47 Å². The van der Waals surface area contributed by atoms with E-state index in [4.69, 9.17) is 0 Å². The van der Waals surface area contributed by atoms with Gasteiger partial charge in [0.05, 0.1) is 0 Å². The van der Waals surface area contributed by atoms with Gasteiger partial charge in [-0.25, -0.2) is 4.79 Å². The van der Waals surface area contributed by atoms with Crippen molar-refractivity contribution in [2.24, 2.45) is 5.92 Å². The third kappa shape index (κ3) is 3.58. The van der Waals surface area contributed by atoms with Crippen molar-refractivity contribution >= 4 is 23.2 Å². The third-order valence-corrected chi connectivity index (χ3v) is 5.12. The van der Waals surface area contributed by atoms with Gasteiger partial charge in [-0.1, -0.05) is 31.6 Å². The number of carboxylic acid groups (broad SMARTS) is 1. The number of carbonyl (C=O) groups excluding carboxylic acids is 1. The van der Waals surface area contributed by atoms with E-state index in [0.29, 0.717) is 42.5 Å². The second kappa shape index (κ2) is 7.09. The summed E-state index contributed by atoms with van der Waals surface area (Å²) in [7, 11) is 0. The summed E-state index contributed by atoms with van der Waals surface area (Å²) in [6, 6.07) is 0. The minimum absolute atomic E-state index is 0.0493. The van der Waals surface area contributed by atoms with Crippen LogP contribution < -0.4 is 4.87 Å². The highest BCUT2D eigenvalue weighted by Crippen LogP contribution is 2.18. The Kier molecular flexibility index (Phi) is 5.39. The zero-order valence-electron chi connectivity index (χ0n) is 13.0. The topological polar surface area (TPSA) is 79.6 Å². The van der Waals surface area contributed by atoms with E-state index in [1.54, 1.807) is 4.90 Å². The van der Waals surface area contributed by atoms with E-state index in [0.717, 1.165) is 19.3 Å². The number of amides is 1. The lowest BCUT2D eigenvalue weighted by Crippen LogP contribution is -2.41. The van der Waals surface area contributed by atoms with E-state index >= 15 is 0 Å². The van der Waals surface area contributed by atoms with Crippen molar-refractivity contribution in [2.75, 3.05) is 13.1 Å². The van der Waals surface area contributed by atoms with Gasteiger partial charge in [0, 0.05) is 18.8 Å². The number of thiazole rings is 1. The molecule has 22 heavy (non-hydrogen) atoms. The molecule has 7 heteroatoms. The molecule has 0 radical (unpaired) electrons. The van der Waals surface area contributed by atoms with Crippen molar-refractivity contribution < 1.29 is 14.7 Å². The number of nitrogens with zero attached hydrogens (tertiary/aromatic N) is 2. The standard InChI is InChI=1S/C15H22N2O4S/c1-3-4-11-13(14(19)20)22-15(21)17(11)9-12(18)16-7-5-10(2)6-8-16/h10H,3-9H2,1-2H3,(H,19,20). The summed E-state index contributed by atoms with van der Waals surface area (Å²) in [5, 5.41) is 9.20. The molecule has 1 saturated heterocycles. The minimum Gasteiger partial charge on any atom is -0.477 e. The van der Waals surface area contributed by atoms with Crippen LogP contribution in [0.3, 0.4) is 0 Å². The first-order valence-electron chi connectivity index (χ1n) is 7.67. The molecular formula is C15H22N2O4S. The first-order valence-corrected chi connectivity index (χ1v) is 8.49. The minimum atomic E-state index is -1.09. The molecule has 0 spiro atoms. The molecule has 0 unspecified atom stereocenters. The summed E-state index contributed by atoms with van der Waals surface area (Å²) in [6.45, 7) is 5.48. The fourth-order valence-corrected chi connectivity index (χ4v) is 3.62. The lowest BCUT2D eigenvalue weighted by molar-refractivity contribution is -0.133. The summed E-state index contributed by atoms with van der Waals surface area (Å²) in [4.78, 5) is 37.2. The number of likely N-dealkylation sites (tertiary alicyclic amines) is 1. The Bertz CT molecular complexity index is 612. The first kappa shape index (κ1) is 16.7. The van der Waals surface area contributed by atoms with Crippen LogP contribution in [-0.2, 0) is 17.8 Å². The molecule has 122 valence electrons. The maximum Gasteiger partial charge on any atom is 0.347 e. The van der Waals surface area contributed by atoms with E-state index in [2.05, 4.69) is 6.92 Å². The Labute approximate surface area is 133 Å². The highest BCUT2D eigenvalue weighted by atomic mass is 32.1. The number of hydrogen-bond acceptors (Lipinski definition) is 4. The lowest BCUT2D eigenvalue weighted by Gasteiger charge is -2.30. The molecule has 1 aliphatic rings. The molecule has 1 aromatic heterocycles. The third-order valence-electron chi connectivity index (χ3n) is 4.11. The van der Waals surface area contributed by atoms with Crippen LogP contribution in [-0.4, -0.2) is 39.5 Å². The SMILES string of the molecule is CCCc1c(C(=O)O)sc(=O)n1CC(=O)N1CCC(C)CC1. The van der Waals surface area contributed by atoms with Gasteiger partial charge in [-0.05, 0) is 25.2 Å². The van der Waals surface area contributed by atoms with Crippen LogP contribution in [0, 0.1) is 5.92 Å². The van der Waals surface area contributed by atoms with Gasteiger partial charge in [-0.3, -0.25) is 14.2 Å². The van der Waals surface area contributed by atoms with E-state index in [-0.39, 0.29) is 22.2 Å². The lowest BCUT2D eigenvalue weighted by atomic mass is 9.99. The zero-order chi connectivity index (χ0) is 16.3. The Hall–Kier alpha value is -1.63. The van der Waals surface area contributed by atoms with Crippen LogP contribution in [0.25, 0.3) is 0 Å². The van der Waals surface area contributed by atoms with Gasteiger partial charge >= 0.3 is 10.8 Å². The molecule has 0 aromatic carbocycles. The van der Waals surface area contributed by atoms with E-state index in [1.165, 1.54) is 4.57 Å². The maximum atomic E-state index is 12.4. The number of hydrogen-bond donors (Lipinski definition) is 1. The van der Waals surface area contributed by atoms with Gasteiger partial charge in [0.1, 0.15) is 11.4 Å². The largest absolute Gasteiger partial charge is 0.477 e. The predicted molar refractivity (Wildman–Crippen MR) is 84.5 cm³/mol. The van der Waals surface area contributed by atoms with E-state index in [9.17, 15) is 19.5 Å². The molecule has 1 fully saturated rings. The van der Waals surface area contributed by atoms with Gasteiger partial charge in [0.15, 0.2) is 0 Å². The second-order valence-electron chi connectivity index (χ2n) is 5.85. The number of piperidine rings is 1. The Morgan fingerprint density at radius 2 is 1.95 bits per heavy atom. The van der Waals surface area contributed by atoms with Crippen LogP contribution in [0.5, 0.6) is 0 Å². The predicted octanol–water partition coefficient (Wildman–Crippen LogP) is 1.82. The van der Waals surface area contributed by atoms with Gasteiger partial charge in [0.25, 0.3) is 0 Å². The quantitative estimate of drug-likeness (QED) is 0.895. The van der Waals surface area contributed by atoms with Gasteiger partial charge in [-0.2, -0.15) is 0 Å². The van der Waals surface area contributed by atoms with E-state index in [1.807, 2.05) is 6.92 Å². The van der Waals surface area contributed by atoms with Gasteiger partial charge in [-0.15, -0.1) is 0 Å². The fourth-order valence-electron chi connectivity index (χ4n) is 2.74. The summed E-state index contributed by atoms with van der Waals surface area (Å²) in [6.07, 6.45) is 3.18. The maximum absolute atomic E-state index is 12.4. The summed E-state index contributed by atoms with van der Waals surface area (Å²) < 4.78 is 1.35. The number of carbonyl (C=O) groups is 2. The van der Waals surface area contributed by atoms with Crippen molar-refractivity contribution in [1.29, 1.82) is 0 Å². The molecule has 2 rings (SSSR count). The summed E-state index contributed by atoms with van der Waals surface area (Å²) in [5.74, 6) is -0.563. The second-order valence-corrected chi connectivity index (χ2v) is 6.81. The molecule has 1 aliphatic heterocycles. The van der Waals surface area contributed by atoms with Gasteiger partial charge in [0.2, 0.25) is 5.91 Å². The smallest absolute Gasteiger partial charge is 0.347 e. The Morgan fingerprint density at radius 1 is 1.32 bits per heavy atom. The van der Waals surface area contributed by atoms with Crippen molar-refractivity contribution in [3.63, 3.8) is 0 Å². The highest BCUT2D eigenvalue weighted by molar-refractivity contribution is 7.11. The molecule has 1 amide bonds. The van der Waals surface area contributed by atoms with Crippen molar-refractivity contribution in [2.45, 2.75) is 46.1 Å². The number of aromatic nitrogens is 1. The molecular weight excluding hydrogens is 304 g/mol. The summed E-state index contributed by atoms with van der Waals surface area (Å²) in [5.41, 5.74) is 0.476. The van der Waals surface area contributed by atoms with Crippen LogP contribution in [0.4, 0.5) is 0 Å². The molecule has 0 atom stereocenters. The molecule has 2 heterocycles. The molecule has 0 saturated carbocycles. The molecule has 0 bridgehead atoms. The van der Waals surface area contributed by atoms with Crippen molar-refractivity contribution in [3.05, 3.63) is 20.2 Å². The van der Waals surface area contributed by atoms with Crippen LogP contribution in [0.1, 0.15) is 48.5 Å². The number of aromatic carboxylic acids is 1. The Morgan fingerprint density at radius 3 is 2.50 bits per heavy atom. The average molecular weight is 326 g/mol. The highest BCUT2D eigenvalue weighted by Gasteiger charge is 2.24. The van der Waals surface area contributed by atoms with E-state index < -0.39 is 5.97 Å². The fraction of sp³-hybridized carbons (Fsp3) is 0.667. The normalized spacial score (nSPS) is 16.0. The number of carboxylic acids is 1. The zero-order valence-corrected chi connectivity index (χ0v) is 13.8. The molecule has 6 nitrogen and oxygen atoms in total. The van der Waals surface area contributed by atoms with Gasteiger partial charge < -0.3 is 10.0 Å². The number of rotatable bonds is 5. The van der Waals surface area contributed by atoms with Crippen LogP contribution in [0.15, 0.2) is 4.79 Å². The van der Waals surface area contributed by atoms with Crippen LogP contribution in [0.2, 0.25) is 0 Å². The molecule has 0 aliphatic carbocycles. The first-order chi connectivity index (χ1) is 10.4. The molecule has 1 aromatic rings. The monoisotopic (exact) mass is 326 g/mol. The summed E-state index contributed by atoms with van der Waals surface area (Å²) >= 11 is 0.715. The Balaban J connectivity index is 2.19. The van der Waals surface area contributed by atoms with Crippen molar-refractivity contribution in [3.8, 4) is 0 Å².